The van der Waals surface area contributed by atoms with Crippen LogP contribution in [0.5, 0.6) is 0 Å². The van der Waals surface area contributed by atoms with Gasteiger partial charge in [0.25, 0.3) is 0 Å². The summed E-state index contributed by atoms with van der Waals surface area (Å²) in [6.45, 7) is 3.27. The van der Waals surface area contributed by atoms with Crippen LogP contribution in [0.3, 0.4) is 0 Å². The van der Waals surface area contributed by atoms with Crippen LogP contribution in [0.2, 0.25) is 0 Å². The fraction of sp³-hybridized carbons (Fsp3) is 0.636. The van der Waals surface area contributed by atoms with E-state index in [-0.39, 0.29) is 0 Å². The number of nitrogen functional groups attached to an aromatic ring is 1. The van der Waals surface area contributed by atoms with Gasteiger partial charge in [0.1, 0.15) is 11.4 Å². The molecule has 2 rings (SSSR count). The molecule has 6 heteroatoms. The second kappa shape index (κ2) is 5.03. The monoisotopic (exact) mass is 349 g/mol. The maximum absolute atomic E-state index is 5.90. The molecule has 0 aliphatic carbocycles. The highest BCUT2D eigenvalue weighted by Crippen LogP contribution is 2.34. The molecule has 1 aliphatic heterocycles. The summed E-state index contributed by atoms with van der Waals surface area (Å²) in [6, 6.07) is 0. The van der Waals surface area contributed by atoms with Gasteiger partial charge in [-0.1, -0.05) is 0 Å². The molecule has 1 saturated heterocycles. The van der Waals surface area contributed by atoms with Gasteiger partial charge in [-0.3, -0.25) is 0 Å². The number of hydrogen-bond donors (Lipinski definition) is 1. The first-order valence-electron chi connectivity index (χ1n) is 5.52. The lowest BCUT2D eigenvalue weighted by atomic mass is 9.93. The molecule has 17 heavy (non-hydrogen) atoms. The van der Waals surface area contributed by atoms with Gasteiger partial charge in [-0.05, 0) is 29.5 Å². The molecule has 0 amide bonds. The Bertz CT molecular complexity index is 396. The van der Waals surface area contributed by atoms with Gasteiger partial charge in [0, 0.05) is 33.2 Å². The topological polar surface area (TPSA) is 70.3 Å². The predicted octanol–water partition coefficient (Wildman–Crippen LogP) is 1.62. The van der Waals surface area contributed by atoms with Crippen molar-refractivity contribution in [3.05, 3.63) is 15.1 Å². The lowest BCUT2D eigenvalue weighted by Crippen LogP contribution is -2.37. The van der Waals surface area contributed by atoms with E-state index < -0.39 is 5.60 Å². The van der Waals surface area contributed by atoms with Crippen molar-refractivity contribution in [2.75, 3.05) is 26.1 Å². The minimum absolute atomic E-state index is 0.443. The normalized spacial score (nSPS) is 19.2. The van der Waals surface area contributed by atoms with Crippen LogP contribution in [0.1, 0.15) is 24.4 Å². The predicted molar refractivity (Wildman–Crippen MR) is 72.6 cm³/mol. The van der Waals surface area contributed by atoms with Gasteiger partial charge in [-0.25, -0.2) is 9.97 Å². The molecule has 1 fully saturated rings. The van der Waals surface area contributed by atoms with Crippen LogP contribution in [0, 0.1) is 10.5 Å². The summed E-state index contributed by atoms with van der Waals surface area (Å²) in [7, 11) is 1.69. The van der Waals surface area contributed by atoms with Gasteiger partial charge in [0.2, 0.25) is 0 Å². The standard InChI is InChI=1S/C11H16IN3O2/c1-7-8(12)9(13)15-10(14-7)11(16-2)3-5-17-6-4-11/h3-6H2,1-2H3,(H2,13,14,15). The minimum Gasteiger partial charge on any atom is -0.383 e. The summed E-state index contributed by atoms with van der Waals surface area (Å²) in [5, 5.41) is 0. The molecule has 0 atom stereocenters. The number of hydrogen-bond acceptors (Lipinski definition) is 5. The second-order valence-corrected chi connectivity index (χ2v) is 5.22. The maximum Gasteiger partial charge on any atom is 0.163 e. The molecule has 5 nitrogen and oxygen atoms in total. The fourth-order valence-corrected chi connectivity index (χ4v) is 2.25. The Hall–Kier alpha value is -0.470. The number of nitrogens with two attached hydrogens (primary N) is 1. The third kappa shape index (κ3) is 2.38. The number of nitrogens with zero attached hydrogens (tertiary/aromatic N) is 2. The Balaban J connectivity index is 2.43. The number of anilines is 1. The molecule has 0 saturated carbocycles. The Kier molecular flexibility index (Phi) is 3.84. The first kappa shape index (κ1) is 13.0. The van der Waals surface area contributed by atoms with Crippen LogP contribution in [-0.2, 0) is 15.1 Å². The number of rotatable bonds is 2. The van der Waals surface area contributed by atoms with E-state index >= 15 is 0 Å². The van der Waals surface area contributed by atoms with E-state index in [1.165, 1.54) is 0 Å². The lowest BCUT2D eigenvalue weighted by molar-refractivity contribution is -0.1000. The van der Waals surface area contributed by atoms with Crippen LogP contribution in [0.25, 0.3) is 0 Å². The molecular weight excluding hydrogens is 333 g/mol. The highest BCUT2D eigenvalue weighted by atomic mass is 127. The van der Waals surface area contributed by atoms with Crippen molar-refractivity contribution < 1.29 is 9.47 Å². The summed E-state index contributed by atoms with van der Waals surface area (Å²) in [4.78, 5) is 8.90. The molecule has 0 aromatic carbocycles. The lowest BCUT2D eigenvalue weighted by Gasteiger charge is -2.34. The number of aryl methyl sites for hydroxylation is 1. The van der Waals surface area contributed by atoms with Crippen molar-refractivity contribution in [2.24, 2.45) is 0 Å². The van der Waals surface area contributed by atoms with Crippen molar-refractivity contribution in [1.82, 2.24) is 9.97 Å². The summed E-state index contributed by atoms with van der Waals surface area (Å²) >= 11 is 2.16. The van der Waals surface area contributed by atoms with Gasteiger partial charge < -0.3 is 15.2 Å². The second-order valence-electron chi connectivity index (χ2n) is 4.14. The zero-order valence-corrected chi connectivity index (χ0v) is 12.2. The van der Waals surface area contributed by atoms with Crippen molar-refractivity contribution >= 4 is 28.4 Å². The summed E-state index contributed by atoms with van der Waals surface area (Å²) in [5.41, 5.74) is 6.35. The quantitative estimate of drug-likeness (QED) is 0.822. The number of aromatic nitrogens is 2. The van der Waals surface area contributed by atoms with E-state index in [9.17, 15) is 0 Å². The highest BCUT2D eigenvalue weighted by Gasteiger charge is 2.38. The number of ether oxygens (including phenoxy) is 2. The molecule has 94 valence electrons. The zero-order valence-electron chi connectivity index (χ0n) is 9.99. The van der Waals surface area contributed by atoms with E-state index in [1.807, 2.05) is 6.92 Å². The molecule has 0 spiro atoms. The van der Waals surface area contributed by atoms with E-state index in [1.54, 1.807) is 7.11 Å². The molecule has 0 bridgehead atoms. The van der Waals surface area contributed by atoms with E-state index in [4.69, 9.17) is 15.2 Å². The van der Waals surface area contributed by atoms with Gasteiger partial charge in [-0.2, -0.15) is 0 Å². The van der Waals surface area contributed by atoms with E-state index in [0.29, 0.717) is 24.9 Å². The zero-order chi connectivity index (χ0) is 12.5. The van der Waals surface area contributed by atoms with Crippen LogP contribution >= 0.6 is 22.6 Å². The highest BCUT2D eigenvalue weighted by molar-refractivity contribution is 14.1. The largest absolute Gasteiger partial charge is 0.383 e. The summed E-state index contributed by atoms with van der Waals surface area (Å²) < 4.78 is 11.9. The van der Waals surface area contributed by atoms with Gasteiger partial charge >= 0.3 is 0 Å². The van der Waals surface area contributed by atoms with Crippen molar-refractivity contribution in [2.45, 2.75) is 25.4 Å². The van der Waals surface area contributed by atoms with Crippen LogP contribution in [0.4, 0.5) is 5.82 Å². The average molecular weight is 349 g/mol. The van der Waals surface area contributed by atoms with Gasteiger partial charge in [-0.15, -0.1) is 0 Å². The molecule has 1 aromatic heterocycles. The first-order chi connectivity index (χ1) is 8.09. The minimum atomic E-state index is -0.443. The fourth-order valence-electron chi connectivity index (χ4n) is 2.01. The van der Waals surface area contributed by atoms with Gasteiger partial charge in [0.15, 0.2) is 5.82 Å². The van der Waals surface area contributed by atoms with Crippen molar-refractivity contribution in [3.63, 3.8) is 0 Å². The summed E-state index contributed by atoms with van der Waals surface area (Å²) in [5.74, 6) is 1.20. The van der Waals surface area contributed by atoms with Crippen LogP contribution in [-0.4, -0.2) is 30.3 Å². The molecule has 0 radical (unpaired) electrons. The Morgan fingerprint density at radius 1 is 1.35 bits per heavy atom. The Morgan fingerprint density at radius 2 is 2.00 bits per heavy atom. The van der Waals surface area contributed by atoms with E-state index in [0.717, 1.165) is 22.1 Å². The average Bonchev–Trinajstić information content (AvgIpc) is 2.36. The molecule has 1 aliphatic rings. The van der Waals surface area contributed by atoms with Crippen LogP contribution < -0.4 is 5.73 Å². The molecule has 1 aromatic rings. The van der Waals surface area contributed by atoms with Gasteiger partial charge in [0.05, 0.1) is 9.26 Å². The number of methoxy groups -OCH3 is 1. The number of halogens is 1. The SMILES string of the molecule is COC1(c2nc(C)c(I)c(N)n2)CCOCC1. The molecule has 2 heterocycles. The van der Waals surface area contributed by atoms with E-state index in [2.05, 4.69) is 32.6 Å². The van der Waals surface area contributed by atoms with Crippen molar-refractivity contribution in [1.29, 1.82) is 0 Å². The van der Waals surface area contributed by atoms with Crippen LogP contribution in [0.15, 0.2) is 0 Å². The third-order valence-corrected chi connectivity index (χ3v) is 4.47. The molecule has 0 unspecified atom stereocenters. The Morgan fingerprint density at radius 3 is 2.53 bits per heavy atom. The summed E-state index contributed by atoms with van der Waals surface area (Å²) in [6.07, 6.45) is 1.53. The molecule has 2 N–H and O–H groups in total. The maximum atomic E-state index is 5.90. The molecular formula is C11H16IN3O2. The Labute approximate surface area is 114 Å². The van der Waals surface area contributed by atoms with Crippen molar-refractivity contribution in [3.8, 4) is 0 Å². The smallest absolute Gasteiger partial charge is 0.163 e. The first-order valence-corrected chi connectivity index (χ1v) is 6.60. The third-order valence-electron chi connectivity index (χ3n) is 3.14.